The molecule has 0 bridgehead atoms. The molecule has 2 rings (SSSR count). The lowest BCUT2D eigenvalue weighted by atomic mass is 9.79. The Morgan fingerprint density at radius 3 is 2.43 bits per heavy atom. The number of rotatable bonds is 3. The van der Waals surface area contributed by atoms with Crippen LogP contribution >= 0.6 is 39.7 Å². The second kappa shape index (κ2) is 7.07. The number of nitrogens with two attached hydrogens (primary N) is 1. The van der Waals surface area contributed by atoms with E-state index in [1.807, 2.05) is 0 Å². The van der Waals surface area contributed by atoms with Crippen LogP contribution in [0.1, 0.15) is 38.5 Å². The van der Waals surface area contributed by atoms with E-state index in [0.29, 0.717) is 15.7 Å². The molecule has 3 N–H and O–H groups in total. The van der Waals surface area contributed by atoms with E-state index in [1.54, 1.807) is 18.2 Å². The van der Waals surface area contributed by atoms with Crippen LogP contribution in [0, 0.1) is 5.41 Å². The van der Waals surface area contributed by atoms with Gasteiger partial charge in [0.15, 0.2) is 0 Å². The Morgan fingerprint density at radius 1 is 1.29 bits per heavy atom. The van der Waals surface area contributed by atoms with E-state index in [1.165, 1.54) is 0 Å². The summed E-state index contributed by atoms with van der Waals surface area (Å²) in [6.07, 6.45) is 5.65. The maximum absolute atomic E-state index is 12.7. The minimum Gasteiger partial charge on any atom is -0.392 e. The molecule has 0 atom stereocenters. The van der Waals surface area contributed by atoms with E-state index in [4.69, 9.17) is 29.6 Å². The van der Waals surface area contributed by atoms with Crippen molar-refractivity contribution >= 4 is 56.3 Å². The molecule has 1 aromatic carbocycles. The summed E-state index contributed by atoms with van der Waals surface area (Å²) in [5.41, 5.74) is 5.85. The van der Waals surface area contributed by atoms with Crippen molar-refractivity contribution in [3.63, 3.8) is 0 Å². The second-order valence-electron chi connectivity index (χ2n) is 5.44. The van der Waals surface area contributed by atoms with Crippen molar-refractivity contribution in [2.45, 2.75) is 38.5 Å². The number of benzene rings is 1. The quantitative estimate of drug-likeness (QED) is 0.583. The molecule has 1 amide bonds. The maximum atomic E-state index is 12.7. The second-order valence-corrected chi connectivity index (χ2v) is 7.14. The average Bonchev–Trinajstić information content (AvgIpc) is 2.69. The third-order valence-corrected chi connectivity index (χ3v) is 5.66. The van der Waals surface area contributed by atoms with Gasteiger partial charge in [-0.25, -0.2) is 0 Å². The average molecular weight is 390 g/mol. The van der Waals surface area contributed by atoms with Crippen LogP contribution in [0.15, 0.2) is 22.7 Å². The Hall–Kier alpha value is -0.650. The number of amides is 1. The highest BCUT2D eigenvalue weighted by Crippen LogP contribution is 2.37. The number of hydrogen-bond acceptors (Lipinski definition) is 2. The summed E-state index contributed by atoms with van der Waals surface area (Å²) in [7, 11) is 0. The first-order valence-corrected chi connectivity index (χ1v) is 8.60. The van der Waals surface area contributed by atoms with Crippen molar-refractivity contribution in [2.24, 2.45) is 11.1 Å². The number of anilines is 1. The zero-order valence-electron chi connectivity index (χ0n) is 11.6. The zero-order valence-corrected chi connectivity index (χ0v) is 14.8. The van der Waals surface area contributed by atoms with Crippen LogP contribution in [0.3, 0.4) is 0 Å². The summed E-state index contributed by atoms with van der Waals surface area (Å²) < 4.78 is 0.792. The molecule has 1 fully saturated rings. The fourth-order valence-corrected chi connectivity index (χ4v) is 3.47. The van der Waals surface area contributed by atoms with E-state index in [9.17, 15) is 4.79 Å². The van der Waals surface area contributed by atoms with E-state index in [2.05, 4.69) is 21.2 Å². The Morgan fingerprint density at radius 2 is 1.90 bits per heavy atom. The number of nitrogens with one attached hydrogen (secondary N) is 1. The highest BCUT2D eigenvalue weighted by molar-refractivity contribution is 9.10. The summed E-state index contributed by atoms with van der Waals surface area (Å²) >= 11 is 14.6. The minimum absolute atomic E-state index is 0.115. The van der Waals surface area contributed by atoms with Crippen LogP contribution < -0.4 is 11.1 Å². The minimum atomic E-state index is -0.731. The van der Waals surface area contributed by atoms with E-state index < -0.39 is 5.41 Å². The van der Waals surface area contributed by atoms with Gasteiger partial charge in [0, 0.05) is 10.2 Å². The molecule has 1 aliphatic rings. The van der Waals surface area contributed by atoms with Crippen molar-refractivity contribution in [1.82, 2.24) is 0 Å². The molecule has 0 aliphatic heterocycles. The summed E-state index contributed by atoms with van der Waals surface area (Å²) in [4.78, 5) is 13.0. The largest absolute Gasteiger partial charge is 0.392 e. The van der Waals surface area contributed by atoms with Gasteiger partial charge in [0.05, 0.1) is 15.4 Å². The van der Waals surface area contributed by atoms with Gasteiger partial charge in [-0.05, 0) is 47.0 Å². The van der Waals surface area contributed by atoms with Gasteiger partial charge in [0.1, 0.15) is 0 Å². The number of carbonyl (C=O) groups excluding carboxylic acids is 1. The normalized spacial score (nSPS) is 17.8. The van der Waals surface area contributed by atoms with E-state index in [-0.39, 0.29) is 5.91 Å². The van der Waals surface area contributed by atoms with Gasteiger partial charge in [0.2, 0.25) is 5.91 Å². The zero-order chi connectivity index (χ0) is 15.5. The molecule has 0 saturated heterocycles. The van der Waals surface area contributed by atoms with Crippen molar-refractivity contribution in [2.75, 3.05) is 5.32 Å². The Kier molecular flexibility index (Phi) is 5.63. The highest BCUT2D eigenvalue weighted by atomic mass is 79.9. The molecule has 1 aliphatic carbocycles. The number of halogens is 2. The number of carbonyl (C=O) groups is 1. The predicted molar refractivity (Wildman–Crippen MR) is 94.7 cm³/mol. The molecule has 1 saturated carbocycles. The predicted octanol–water partition coefficient (Wildman–Crippen LogP) is 4.67. The van der Waals surface area contributed by atoms with E-state index >= 15 is 0 Å². The molecule has 0 spiro atoms. The lowest BCUT2D eigenvalue weighted by Crippen LogP contribution is -2.45. The Labute approximate surface area is 143 Å². The molecule has 1 aromatic rings. The number of thiocarbonyl (C=S) groups is 1. The lowest BCUT2D eigenvalue weighted by Gasteiger charge is -2.30. The first-order valence-electron chi connectivity index (χ1n) is 7.02. The first-order chi connectivity index (χ1) is 9.95. The van der Waals surface area contributed by atoms with Crippen LogP contribution in [-0.2, 0) is 4.79 Å². The summed E-state index contributed by atoms with van der Waals surface area (Å²) in [6, 6.07) is 5.32. The lowest BCUT2D eigenvalue weighted by molar-refractivity contribution is -0.122. The Balaban J connectivity index is 2.22. The molecule has 0 radical (unpaired) electrons. The summed E-state index contributed by atoms with van der Waals surface area (Å²) in [6.45, 7) is 0. The van der Waals surface area contributed by atoms with Crippen LogP contribution in [0.4, 0.5) is 5.69 Å². The smallest absolute Gasteiger partial charge is 0.237 e. The molecule has 0 aromatic heterocycles. The molecule has 0 unspecified atom stereocenters. The third kappa shape index (κ3) is 3.76. The van der Waals surface area contributed by atoms with Gasteiger partial charge >= 0.3 is 0 Å². The fraction of sp³-hybridized carbons (Fsp3) is 0.467. The SMILES string of the molecule is NC(=S)C1(C(=O)Nc2ccc(Br)c(Cl)c2)CCCCCC1. The standard InChI is InChI=1S/C15H18BrClN2OS/c16-11-6-5-10(9-12(11)17)19-14(20)15(13(18)21)7-3-1-2-4-8-15/h5-6,9H,1-4,7-8H2,(H2,18,21)(H,19,20). The molecule has 0 heterocycles. The van der Waals surface area contributed by atoms with Gasteiger partial charge in [-0.2, -0.15) is 0 Å². The molecule has 114 valence electrons. The van der Waals surface area contributed by atoms with Gasteiger partial charge in [-0.3, -0.25) is 4.79 Å². The van der Waals surface area contributed by atoms with Gasteiger partial charge < -0.3 is 11.1 Å². The van der Waals surface area contributed by atoms with Crippen molar-refractivity contribution in [3.05, 3.63) is 27.7 Å². The number of hydrogen-bond donors (Lipinski definition) is 2. The van der Waals surface area contributed by atoms with Gasteiger partial charge in [0.25, 0.3) is 0 Å². The van der Waals surface area contributed by atoms with Gasteiger partial charge in [-0.1, -0.05) is 49.5 Å². The van der Waals surface area contributed by atoms with Crippen molar-refractivity contribution < 1.29 is 4.79 Å². The molecule has 3 nitrogen and oxygen atoms in total. The molecular weight excluding hydrogens is 372 g/mol. The van der Waals surface area contributed by atoms with Crippen LogP contribution in [-0.4, -0.2) is 10.9 Å². The third-order valence-electron chi connectivity index (χ3n) is 4.04. The van der Waals surface area contributed by atoms with Gasteiger partial charge in [-0.15, -0.1) is 0 Å². The topological polar surface area (TPSA) is 55.1 Å². The van der Waals surface area contributed by atoms with Crippen molar-refractivity contribution in [1.29, 1.82) is 0 Å². The van der Waals surface area contributed by atoms with Crippen LogP contribution in [0.25, 0.3) is 0 Å². The maximum Gasteiger partial charge on any atom is 0.237 e. The fourth-order valence-electron chi connectivity index (χ4n) is 2.74. The molecular formula is C15H18BrClN2OS. The van der Waals surface area contributed by atoms with Crippen LogP contribution in [0.5, 0.6) is 0 Å². The summed E-state index contributed by atoms with van der Waals surface area (Å²) in [5.74, 6) is -0.115. The molecule has 21 heavy (non-hydrogen) atoms. The highest BCUT2D eigenvalue weighted by Gasteiger charge is 2.41. The molecule has 6 heteroatoms. The Bertz CT molecular complexity index is 557. The first kappa shape index (κ1) is 16.7. The summed E-state index contributed by atoms with van der Waals surface area (Å²) in [5, 5.41) is 3.47. The van der Waals surface area contributed by atoms with Crippen molar-refractivity contribution in [3.8, 4) is 0 Å². The van der Waals surface area contributed by atoms with E-state index in [0.717, 1.165) is 43.0 Å². The monoisotopic (exact) mass is 388 g/mol. The van der Waals surface area contributed by atoms with Crippen LogP contribution in [0.2, 0.25) is 5.02 Å².